The van der Waals surface area contributed by atoms with Crippen molar-refractivity contribution in [3.05, 3.63) is 34.9 Å². The smallest absolute Gasteiger partial charge is 0.313 e. The summed E-state index contributed by atoms with van der Waals surface area (Å²) in [6.45, 7) is 4.05. The second-order valence-corrected chi connectivity index (χ2v) is 4.98. The molecular formula is C14H18ClNO3. The third-order valence-electron chi connectivity index (χ3n) is 3.12. The van der Waals surface area contributed by atoms with Gasteiger partial charge < -0.3 is 14.8 Å². The molecule has 1 N–H and O–H groups in total. The first kappa shape index (κ1) is 14.3. The molecule has 0 spiro atoms. The minimum absolute atomic E-state index is 0.0526. The highest BCUT2D eigenvalue weighted by Crippen LogP contribution is 2.17. The van der Waals surface area contributed by atoms with E-state index in [0.29, 0.717) is 18.2 Å². The number of benzene rings is 1. The Bertz CT molecular complexity index is 438. The van der Waals surface area contributed by atoms with Crippen molar-refractivity contribution in [2.45, 2.75) is 19.6 Å². The molecule has 0 radical (unpaired) electrons. The van der Waals surface area contributed by atoms with Crippen LogP contribution in [0.15, 0.2) is 24.3 Å². The van der Waals surface area contributed by atoms with Crippen LogP contribution in [0.4, 0.5) is 0 Å². The second-order valence-electron chi connectivity index (χ2n) is 4.55. The monoisotopic (exact) mass is 283 g/mol. The highest BCUT2D eigenvalue weighted by molar-refractivity contribution is 6.30. The summed E-state index contributed by atoms with van der Waals surface area (Å²) in [7, 11) is 0. The molecule has 1 fully saturated rings. The Balaban J connectivity index is 1.87. The first-order valence-corrected chi connectivity index (χ1v) is 6.80. The number of esters is 1. The van der Waals surface area contributed by atoms with Crippen LogP contribution in [0.25, 0.3) is 0 Å². The highest BCUT2D eigenvalue weighted by Gasteiger charge is 2.34. The van der Waals surface area contributed by atoms with Gasteiger partial charge in [0.15, 0.2) is 0 Å². The van der Waals surface area contributed by atoms with Gasteiger partial charge in [0.25, 0.3) is 0 Å². The van der Waals surface area contributed by atoms with Crippen molar-refractivity contribution < 1.29 is 14.3 Å². The van der Waals surface area contributed by atoms with Gasteiger partial charge in [0.05, 0.1) is 19.1 Å². The summed E-state index contributed by atoms with van der Waals surface area (Å²) in [5.74, 6) is -0.442. The topological polar surface area (TPSA) is 47.6 Å². The number of carbonyl (C=O) groups excluding carboxylic acids is 1. The van der Waals surface area contributed by atoms with E-state index in [2.05, 4.69) is 5.32 Å². The molecule has 1 aliphatic rings. The molecule has 2 rings (SSSR count). The predicted molar refractivity (Wildman–Crippen MR) is 73.0 cm³/mol. The maximum atomic E-state index is 12.0. The number of likely N-dealkylation sites (N-methyl/N-ethyl adjacent to an activating group) is 1. The zero-order valence-corrected chi connectivity index (χ0v) is 11.7. The van der Waals surface area contributed by atoms with Crippen LogP contribution in [0.5, 0.6) is 0 Å². The Labute approximate surface area is 118 Å². The van der Waals surface area contributed by atoms with E-state index in [1.165, 1.54) is 0 Å². The van der Waals surface area contributed by atoms with Crippen molar-refractivity contribution >= 4 is 17.6 Å². The SMILES string of the molecule is CCNC1COCC1C(=O)OCc1cccc(Cl)c1. The van der Waals surface area contributed by atoms with E-state index in [0.717, 1.165) is 12.1 Å². The molecule has 1 saturated heterocycles. The Hall–Kier alpha value is -1.10. The number of nitrogens with one attached hydrogen (secondary N) is 1. The van der Waals surface area contributed by atoms with Gasteiger partial charge in [0, 0.05) is 11.1 Å². The zero-order valence-electron chi connectivity index (χ0n) is 10.9. The minimum atomic E-state index is -0.223. The van der Waals surface area contributed by atoms with Gasteiger partial charge in [-0.05, 0) is 24.2 Å². The van der Waals surface area contributed by atoms with Gasteiger partial charge >= 0.3 is 5.97 Å². The molecule has 1 aromatic carbocycles. The van der Waals surface area contributed by atoms with Crippen LogP contribution in [-0.2, 0) is 20.9 Å². The highest BCUT2D eigenvalue weighted by atomic mass is 35.5. The van der Waals surface area contributed by atoms with Crippen LogP contribution in [0.1, 0.15) is 12.5 Å². The minimum Gasteiger partial charge on any atom is -0.460 e. The fraction of sp³-hybridized carbons (Fsp3) is 0.500. The third kappa shape index (κ3) is 3.93. The lowest BCUT2D eigenvalue weighted by molar-refractivity contribution is -0.150. The van der Waals surface area contributed by atoms with Gasteiger partial charge in [0.2, 0.25) is 0 Å². The quantitative estimate of drug-likeness (QED) is 0.840. The summed E-state index contributed by atoms with van der Waals surface area (Å²) >= 11 is 5.88. The van der Waals surface area contributed by atoms with Crippen LogP contribution in [0, 0.1) is 5.92 Å². The number of carbonyl (C=O) groups is 1. The lowest BCUT2D eigenvalue weighted by Crippen LogP contribution is -2.39. The van der Waals surface area contributed by atoms with Gasteiger partial charge in [-0.25, -0.2) is 0 Å². The van der Waals surface area contributed by atoms with Gasteiger partial charge in [-0.1, -0.05) is 30.7 Å². The van der Waals surface area contributed by atoms with Crippen molar-refractivity contribution in [3.8, 4) is 0 Å². The molecule has 0 saturated carbocycles. The predicted octanol–water partition coefficient (Wildman–Crippen LogP) is 2.01. The van der Waals surface area contributed by atoms with Crippen LogP contribution in [0.3, 0.4) is 0 Å². The first-order valence-electron chi connectivity index (χ1n) is 6.43. The zero-order chi connectivity index (χ0) is 13.7. The standard InChI is InChI=1S/C14H18ClNO3/c1-2-16-13-9-18-8-12(13)14(17)19-7-10-4-3-5-11(15)6-10/h3-6,12-13,16H,2,7-9H2,1H3. The molecule has 0 amide bonds. The lowest BCUT2D eigenvalue weighted by atomic mass is 10.0. The average Bonchev–Trinajstić information content (AvgIpc) is 2.85. The number of hydrogen-bond acceptors (Lipinski definition) is 4. The number of ether oxygens (including phenoxy) is 2. The maximum Gasteiger partial charge on any atom is 0.313 e. The molecule has 1 aromatic rings. The van der Waals surface area contributed by atoms with Gasteiger partial charge in [-0.15, -0.1) is 0 Å². The van der Waals surface area contributed by atoms with Crippen LogP contribution in [-0.4, -0.2) is 31.8 Å². The van der Waals surface area contributed by atoms with Gasteiger partial charge in [0.1, 0.15) is 6.61 Å². The number of hydrogen-bond donors (Lipinski definition) is 1. The molecule has 2 atom stereocenters. The van der Waals surface area contributed by atoms with E-state index in [4.69, 9.17) is 21.1 Å². The lowest BCUT2D eigenvalue weighted by Gasteiger charge is -2.17. The molecule has 2 unspecified atom stereocenters. The van der Waals surface area contributed by atoms with Gasteiger partial charge in [-0.3, -0.25) is 4.79 Å². The van der Waals surface area contributed by atoms with E-state index in [1.807, 2.05) is 19.1 Å². The summed E-state index contributed by atoms with van der Waals surface area (Å²) in [6, 6.07) is 7.36. The first-order chi connectivity index (χ1) is 9.20. The Morgan fingerprint density at radius 1 is 1.53 bits per heavy atom. The largest absolute Gasteiger partial charge is 0.460 e. The third-order valence-corrected chi connectivity index (χ3v) is 3.35. The van der Waals surface area contributed by atoms with E-state index in [-0.39, 0.29) is 24.5 Å². The van der Waals surface area contributed by atoms with Crippen molar-refractivity contribution in [3.63, 3.8) is 0 Å². The van der Waals surface area contributed by atoms with E-state index in [9.17, 15) is 4.79 Å². The maximum absolute atomic E-state index is 12.0. The van der Waals surface area contributed by atoms with E-state index in [1.54, 1.807) is 12.1 Å². The van der Waals surface area contributed by atoms with E-state index >= 15 is 0 Å². The molecule has 1 heterocycles. The van der Waals surface area contributed by atoms with Crippen LogP contribution < -0.4 is 5.32 Å². The summed E-state index contributed by atoms with van der Waals surface area (Å²) in [6.07, 6.45) is 0. The molecule has 0 aromatic heterocycles. The Morgan fingerprint density at radius 2 is 2.37 bits per heavy atom. The summed E-state index contributed by atoms with van der Waals surface area (Å²) in [5, 5.41) is 3.88. The summed E-state index contributed by atoms with van der Waals surface area (Å²) < 4.78 is 10.7. The molecule has 5 heteroatoms. The number of rotatable bonds is 5. The molecule has 0 aliphatic carbocycles. The Morgan fingerprint density at radius 3 is 3.11 bits per heavy atom. The fourth-order valence-electron chi connectivity index (χ4n) is 2.14. The van der Waals surface area contributed by atoms with E-state index < -0.39 is 0 Å². The summed E-state index contributed by atoms with van der Waals surface area (Å²) in [4.78, 5) is 12.0. The van der Waals surface area contributed by atoms with Crippen molar-refractivity contribution in [2.75, 3.05) is 19.8 Å². The normalized spacial score (nSPS) is 22.4. The average molecular weight is 284 g/mol. The van der Waals surface area contributed by atoms with Gasteiger partial charge in [-0.2, -0.15) is 0 Å². The molecule has 104 valence electrons. The molecule has 4 nitrogen and oxygen atoms in total. The molecule has 1 aliphatic heterocycles. The Kier molecular flexibility index (Phi) is 5.19. The van der Waals surface area contributed by atoms with Crippen LogP contribution >= 0.6 is 11.6 Å². The summed E-state index contributed by atoms with van der Waals surface area (Å²) in [5.41, 5.74) is 0.889. The van der Waals surface area contributed by atoms with Crippen molar-refractivity contribution in [1.82, 2.24) is 5.32 Å². The second kappa shape index (κ2) is 6.89. The van der Waals surface area contributed by atoms with Crippen LogP contribution in [0.2, 0.25) is 5.02 Å². The molecule has 0 bridgehead atoms. The molecule has 19 heavy (non-hydrogen) atoms. The van der Waals surface area contributed by atoms with Crippen molar-refractivity contribution in [2.24, 2.45) is 5.92 Å². The fourth-order valence-corrected chi connectivity index (χ4v) is 2.35. The number of halogens is 1. The van der Waals surface area contributed by atoms with Crippen molar-refractivity contribution in [1.29, 1.82) is 0 Å². The molecular weight excluding hydrogens is 266 g/mol.